The first-order valence-electron chi connectivity index (χ1n) is 23.3. The summed E-state index contributed by atoms with van der Waals surface area (Å²) in [5, 5.41) is 11.1. The number of allylic oxidation sites excluding steroid dienone is 1. The van der Waals surface area contributed by atoms with E-state index in [1.807, 2.05) is 0 Å². The van der Waals surface area contributed by atoms with E-state index in [0.717, 1.165) is 64.2 Å². The van der Waals surface area contributed by atoms with Gasteiger partial charge in [0.2, 0.25) is 5.91 Å². The molecule has 0 saturated carbocycles. The fourth-order valence-electron chi connectivity index (χ4n) is 7.19. The first-order chi connectivity index (χ1) is 26.0. The molecular formula is C47H89NO5. The normalized spacial score (nSPS) is 12.0. The van der Waals surface area contributed by atoms with Gasteiger partial charge in [0.05, 0.1) is 0 Å². The van der Waals surface area contributed by atoms with Crippen LogP contribution in [0.2, 0.25) is 0 Å². The minimum atomic E-state index is -1.01. The molecule has 1 unspecified atom stereocenters. The number of carbonyl (C=O) groups is 3. The van der Waals surface area contributed by atoms with Crippen molar-refractivity contribution in [2.75, 3.05) is 6.54 Å². The number of aliphatic carboxylic acids is 1. The molecule has 0 heterocycles. The van der Waals surface area contributed by atoms with Crippen molar-refractivity contribution in [2.45, 2.75) is 264 Å². The van der Waals surface area contributed by atoms with Crippen LogP contribution in [-0.4, -0.2) is 35.6 Å². The zero-order valence-corrected chi connectivity index (χ0v) is 35.4. The second kappa shape index (κ2) is 42.9. The highest BCUT2D eigenvalue weighted by Crippen LogP contribution is 2.17. The number of ether oxygens (including phenoxy) is 1. The minimum absolute atomic E-state index is 0.0467. The van der Waals surface area contributed by atoms with Gasteiger partial charge in [0.1, 0.15) is 12.6 Å². The quantitative estimate of drug-likeness (QED) is 0.0368. The highest BCUT2D eigenvalue weighted by atomic mass is 16.5. The lowest BCUT2D eigenvalue weighted by Gasteiger charge is -2.15. The van der Waals surface area contributed by atoms with E-state index in [-0.39, 0.29) is 24.5 Å². The Labute approximate surface area is 329 Å². The second-order valence-electron chi connectivity index (χ2n) is 16.0. The van der Waals surface area contributed by atoms with E-state index in [1.54, 1.807) is 0 Å². The van der Waals surface area contributed by atoms with E-state index >= 15 is 0 Å². The lowest BCUT2D eigenvalue weighted by atomic mass is 10.0. The maximum Gasteiger partial charge on any atom is 0.322 e. The molecule has 6 nitrogen and oxygen atoms in total. The molecule has 0 aliphatic carbocycles. The summed E-state index contributed by atoms with van der Waals surface area (Å²) >= 11 is 0. The van der Waals surface area contributed by atoms with Gasteiger partial charge in [0.15, 0.2) is 0 Å². The third-order valence-corrected chi connectivity index (χ3v) is 10.7. The van der Waals surface area contributed by atoms with Crippen LogP contribution in [-0.2, 0) is 19.1 Å². The molecule has 0 aromatic carbocycles. The number of nitrogens with one attached hydrogen (secondary N) is 1. The SMILES string of the molecule is CCCCCCCCC/C=C\C(CCCCCCCCC(=O)NCC(=O)O)OC(=O)CCCCCCCCCCCCCCCCCCCCCCC. The highest BCUT2D eigenvalue weighted by Gasteiger charge is 2.12. The van der Waals surface area contributed by atoms with Crippen LogP contribution in [0, 0.1) is 0 Å². The van der Waals surface area contributed by atoms with Gasteiger partial charge in [-0.2, -0.15) is 0 Å². The number of hydrogen-bond acceptors (Lipinski definition) is 4. The van der Waals surface area contributed by atoms with E-state index in [9.17, 15) is 14.4 Å². The lowest BCUT2D eigenvalue weighted by molar-refractivity contribution is -0.147. The zero-order valence-electron chi connectivity index (χ0n) is 35.4. The van der Waals surface area contributed by atoms with Gasteiger partial charge in [-0.15, -0.1) is 0 Å². The molecule has 0 aliphatic rings. The predicted octanol–water partition coefficient (Wildman–Crippen LogP) is 14.5. The largest absolute Gasteiger partial charge is 0.480 e. The molecule has 53 heavy (non-hydrogen) atoms. The van der Waals surface area contributed by atoms with Crippen LogP contribution < -0.4 is 5.32 Å². The van der Waals surface area contributed by atoms with Gasteiger partial charge in [-0.05, 0) is 44.6 Å². The maximum atomic E-state index is 12.7. The number of hydrogen-bond donors (Lipinski definition) is 2. The van der Waals surface area contributed by atoms with Gasteiger partial charge in [-0.25, -0.2) is 0 Å². The van der Waals surface area contributed by atoms with Crippen molar-refractivity contribution < 1.29 is 24.2 Å². The molecule has 1 atom stereocenters. The first-order valence-corrected chi connectivity index (χ1v) is 23.3. The number of unbranched alkanes of at least 4 members (excludes halogenated alkanes) is 32. The zero-order chi connectivity index (χ0) is 38.7. The third-order valence-electron chi connectivity index (χ3n) is 10.7. The fraction of sp³-hybridized carbons (Fsp3) is 0.894. The summed E-state index contributed by atoms with van der Waals surface area (Å²) in [6.07, 6.45) is 50.9. The van der Waals surface area contributed by atoms with Crippen molar-refractivity contribution in [3.63, 3.8) is 0 Å². The Balaban J connectivity index is 3.98. The van der Waals surface area contributed by atoms with Gasteiger partial charge in [0.25, 0.3) is 0 Å². The molecule has 0 bridgehead atoms. The first kappa shape index (κ1) is 51.1. The summed E-state index contributed by atoms with van der Waals surface area (Å²) in [4.78, 5) is 34.9. The Morgan fingerprint density at radius 1 is 0.491 bits per heavy atom. The molecule has 0 aliphatic heterocycles. The summed E-state index contributed by atoms with van der Waals surface area (Å²) in [5.74, 6) is -1.25. The lowest BCUT2D eigenvalue weighted by Crippen LogP contribution is -2.28. The number of carboxylic acid groups (broad SMARTS) is 1. The number of rotatable bonds is 43. The number of amides is 1. The Hall–Kier alpha value is -1.85. The molecule has 0 rings (SSSR count). The van der Waals surface area contributed by atoms with E-state index in [0.29, 0.717) is 12.8 Å². The summed E-state index contributed by atoms with van der Waals surface area (Å²) in [6, 6.07) is 0. The molecule has 0 aromatic rings. The van der Waals surface area contributed by atoms with Crippen molar-refractivity contribution in [2.24, 2.45) is 0 Å². The topological polar surface area (TPSA) is 92.7 Å². The summed E-state index contributed by atoms with van der Waals surface area (Å²) in [7, 11) is 0. The molecule has 2 N–H and O–H groups in total. The molecule has 0 radical (unpaired) electrons. The third kappa shape index (κ3) is 42.8. The molecule has 6 heteroatoms. The maximum absolute atomic E-state index is 12.7. The van der Waals surface area contributed by atoms with Gasteiger partial charge in [0, 0.05) is 12.8 Å². The van der Waals surface area contributed by atoms with Gasteiger partial charge >= 0.3 is 11.9 Å². The van der Waals surface area contributed by atoms with E-state index in [1.165, 1.54) is 167 Å². The number of esters is 1. The molecule has 1 amide bonds. The van der Waals surface area contributed by atoms with Crippen LogP contribution in [0.4, 0.5) is 0 Å². The Morgan fingerprint density at radius 2 is 0.849 bits per heavy atom. The molecule has 0 saturated heterocycles. The Morgan fingerprint density at radius 3 is 1.26 bits per heavy atom. The summed E-state index contributed by atoms with van der Waals surface area (Å²) < 4.78 is 5.97. The van der Waals surface area contributed by atoms with Crippen molar-refractivity contribution in [1.29, 1.82) is 0 Å². The van der Waals surface area contributed by atoms with Crippen molar-refractivity contribution in [3.05, 3.63) is 12.2 Å². The molecular weight excluding hydrogens is 659 g/mol. The molecule has 0 spiro atoms. The van der Waals surface area contributed by atoms with Crippen LogP contribution in [0.3, 0.4) is 0 Å². The smallest absolute Gasteiger partial charge is 0.322 e. The van der Waals surface area contributed by atoms with Crippen molar-refractivity contribution in [3.8, 4) is 0 Å². The fourth-order valence-corrected chi connectivity index (χ4v) is 7.19. The number of carboxylic acids is 1. The average molecular weight is 748 g/mol. The monoisotopic (exact) mass is 748 g/mol. The molecule has 0 aromatic heterocycles. The van der Waals surface area contributed by atoms with Crippen LogP contribution in [0.25, 0.3) is 0 Å². The second-order valence-corrected chi connectivity index (χ2v) is 16.0. The summed E-state index contributed by atoms with van der Waals surface area (Å²) in [6.45, 7) is 4.24. The van der Waals surface area contributed by atoms with E-state index < -0.39 is 5.97 Å². The van der Waals surface area contributed by atoms with E-state index in [2.05, 4.69) is 31.3 Å². The van der Waals surface area contributed by atoms with Crippen molar-refractivity contribution in [1.82, 2.24) is 5.32 Å². The van der Waals surface area contributed by atoms with E-state index in [4.69, 9.17) is 9.84 Å². The van der Waals surface area contributed by atoms with Crippen LogP contribution >= 0.6 is 0 Å². The Kier molecular flexibility index (Phi) is 41.4. The van der Waals surface area contributed by atoms with Crippen molar-refractivity contribution >= 4 is 17.8 Å². The predicted molar refractivity (Wildman–Crippen MR) is 226 cm³/mol. The molecule has 312 valence electrons. The van der Waals surface area contributed by atoms with Gasteiger partial charge in [-0.3, -0.25) is 14.4 Å². The minimum Gasteiger partial charge on any atom is -0.480 e. The standard InChI is InChI=1S/C47H89NO5/c1-3-5-7-9-11-13-14-15-16-17-18-19-20-21-22-23-24-26-28-34-38-42-47(52)53-44(39-35-31-27-25-12-10-8-6-4-2)40-36-32-29-30-33-37-41-45(49)48-43-46(50)51/h35,39,44H,3-34,36-38,40-43H2,1-2H3,(H,48,49)(H,50,51)/b39-35-. The molecule has 0 fully saturated rings. The highest BCUT2D eigenvalue weighted by molar-refractivity contribution is 5.80. The van der Waals surface area contributed by atoms with Gasteiger partial charge < -0.3 is 15.2 Å². The van der Waals surface area contributed by atoms with Gasteiger partial charge in [-0.1, -0.05) is 213 Å². The average Bonchev–Trinajstić information content (AvgIpc) is 3.14. The van der Waals surface area contributed by atoms with Crippen LogP contribution in [0.1, 0.15) is 258 Å². The number of carbonyl (C=O) groups excluding carboxylic acids is 2. The van der Waals surface area contributed by atoms with Crippen LogP contribution in [0.15, 0.2) is 12.2 Å². The van der Waals surface area contributed by atoms with Crippen LogP contribution in [0.5, 0.6) is 0 Å². The summed E-state index contributed by atoms with van der Waals surface area (Å²) in [5.41, 5.74) is 0. The Bertz CT molecular complexity index is 828.